The monoisotopic (exact) mass is 302 g/mol. The number of nitrogens with zero attached hydrogens (tertiary/aromatic N) is 7. The van der Waals surface area contributed by atoms with Gasteiger partial charge in [0.15, 0.2) is 11.5 Å². The number of carbonyl (C=O) groups is 1. The number of fused-ring (bicyclic) bond motifs is 1. The molecule has 0 bridgehead atoms. The van der Waals surface area contributed by atoms with Crippen LogP contribution >= 0.6 is 0 Å². The van der Waals surface area contributed by atoms with Gasteiger partial charge in [0, 0.05) is 32.2 Å². The van der Waals surface area contributed by atoms with E-state index in [-0.39, 0.29) is 5.91 Å². The zero-order valence-corrected chi connectivity index (χ0v) is 12.2. The van der Waals surface area contributed by atoms with Crippen molar-refractivity contribution < 1.29 is 4.79 Å². The van der Waals surface area contributed by atoms with E-state index in [1.54, 1.807) is 0 Å². The zero-order valence-electron chi connectivity index (χ0n) is 12.2. The summed E-state index contributed by atoms with van der Waals surface area (Å²) in [4.78, 5) is 16.2. The Balaban J connectivity index is 1.33. The summed E-state index contributed by atoms with van der Waals surface area (Å²) in [6, 6.07) is 4.22. The van der Waals surface area contributed by atoms with Gasteiger partial charge in [0.2, 0.25) is 5.91 Å². The predicted molar refractivity (Wildman–Crippen MR) is 78.4 cm³/mol. The molecule has 1 N–H and O–H groups in total. The largest absolute Gasteiger partial charge is 0.353 e. The maximum atomic E-state index is 11.8. The van der Waals surface area contributed by atoms with E-state index in [2.05, 4.69) is 35.7 Å². The SMILES string of the molecule is O=C(CN1CCN(c2ccc3nnnn3n2)CC1)NC1CC1. The number of nitrogens with one attached hydrogen (secondary N) is 1. The van der Waals surface area contributed by atoms with Crippen LogP contribution in [0.15, 0.2) is 12.1 Å². The molecule has 0 unspecified atom stereocenters. The van der Waals surface area contributed by atoms with E-state index in [1.165, 1.54) is 4.63 Å². The maximum Gasteiger partial charge on any atom is 0.234 e. The lowest BCUT2D eigenvalue weighted by molar-refractivity contribution is -0.122. The van der Waals surface area contributed by atoms with Crippen molar-refractivity contribution >= 4 is 17.4 Å². The van der Waals surface area contributed by atoms with Crippen LogP contribution in [0.4, 0.5) is 5.82 Å². The molecule has 0 radical (unpaired) electrons. The van der Waals surface area contributed by atoms with Gasteiger partial charge in [0.1, 0.15) is 0 Å². The molecule has 1 amide bonds. The third-order valence-electron chi connectivity index (χ3n) is 4.06. The number of piperazine rings is 1. The van der Waals surface area contributed by atoms with Crippen molar-refractivity contribution in [3.05, 3.63) is 12.1 Å². The van der Waals surface area contributed by atoms with Crippen LogP contribution in [0.2, 0.25) is 0 Å². The Bertz CT molecular complexity index is 673. The Hall–Kier alpha value is -2.29. The minimum atomic E-state index is 0.143. The van der Waals surface area contributed by atoms with Gasteiger partial charge in [-0.2, -0.15) is 0 Å². The molecule has 9 heteroatoms. The molecule has 0 atom stereocenters. The first-order chi connectivity index (χ1) is 10.8. The number of carbonyl (C=O) groups excluding carboxylic acids is 1. The van der Waals surface area contributed by atoms with Gasteiger partial charge in [-0.3, -0.25) is 9.69 Å². The van der Waals surface area contributed by atoms with Crippen molar-refractivity contribution in [1.29, 1.82) is 0 Å². The number of rotatable bonds is 4. The van der Waals surface area contributed by atoms with Crippen LogP contribution in [0, 0.1) is 0 Å². The van der Waals surface area contributed by atoms with Gasteiger partial charge in [0.05, 0.1) is 6.54 Å². The molecule has 3 heterocycles. The number of hydrogen-bond donors (Lipinski definition) is 1. The highest BCUT2D eigenvalue weighted by Gasteiger charge is 2.25. The molecule has 1 aliphatic heterocycles. The van der Waals surface area contributed by atoms with Crippen molar-refractivity contribution in [2.24, 2.45) is 0 Å². The number of tetrazole rings is 1. The lowest BCUT2D eigenvalue weighted by atomic mass is 10.3. The third kappa shape index (κ3) is 2.84. The Morgan fingerprint density at radius 1 is 1.23 bits per heavy atom. The minimum absolute atomic E-state index is 0.143. The Morgan fingerprint density at radius 3 is 2.82 bits per heavy atom. The molecule has 22 heavy (non-hydrogen) atoms. The van der Waals surface area contributed by atoms with Gasteiger partial charge in [-0.05, 0) is 35.4 Å². The average Bonchev–Trinajstić information content (AvgIpc) is 3.21. The highest BCUT2D eigenvalue weighted by atomic mass is 16.2. The van der Waals surface area contributed by atoms with E-state index in [9.17, 15) is 4.79 Å². The first-order valence-corrected chi connectivity index (χ1v) is 7.60. The van der Waals surface area contributed by atoms with Gasteiger partial charge in [-0.15, -0.1) is 14.8 Å². The molecular weight excluding hydrogens is 284 g/mol. The summed E-state index contributed by atoms with van der Waals surface area (Å²) >= 11 is 0. The van der Waals surface area contributed by atoms with Crippen LogP contribution in [0.3, 0.4) is 0 Å². The molecule has 4 rings (SSSR count). The maximum absolute atomic E-state index is 11.8. The lowest BCUT2D eigenvalue weighted by Crippen LogP contribution is -2.50. The Labute approximate surface area is 127 Å². The van der Waals surface area contributed by atoms with Crippen molar-refractivity contribution in [2.75, 3.05) is 37.6 Å². The average molecular weight is 302 g/mol. The first kappa shape index (κ1) is 13.4. The van der Waals surface area contributed by atoms with Gasteiger partial charge in [0.25, 0.3) is 0 Å². The van der Waals surface area contributed by atoms with Crippen LogP contribution in [0.25, 0.3) is 5.65 Å². The second kappa shape index (κ2) is 5.48. The molecule has 1 saturated carbocycles. The summed E-state index contributed by atoms with van der Waals surface area (Å²) in [5.41, 5.74) is 0.638. The fraction of sp³-hybridized carbons (Fsp3) is 0.615. The lowest BCUT2D eigenvalue weighted by Gasteiger charge is -2.34. The first-order valence-electron chi connectivity index (χ1n) is 7.60. The Kier molecular flexibility index (Phi) is 3.34. The third-order valence-corrected chi connectivity index (χ3v) is 4.06. The molecule has 2 aromatic rings. The summed E-state index contributed by atoms with van der Waals surface area (Å²) in [5, 5.41) is 18.7. The molecule has 2 aromatic heterocycles. The quantitative estimate of drug-likeness (QED) is 0.768. The van der Waals surface area contributed by atoms with Gasteiger partial charge < -0.3 is 10.2 Å². The Morgan fingerprint density at radius 2 is 2.05 bits per heavy atom. The molecule has 2 fully saturated rings. The van der Waals surface area contributed by atoms with Crippen LogP contribution in [0.1, 0.15) is 12.8 Å². The van der Waals surface area contributed by atoms with E-state index in [4.69, 9.17) is 0 Å². The summed E-state index contributed by atoms with van der Waals surface area (Å²) in [6.07, 6.45) is 2.26. The zero-order chi connectivity index (χ0) is 14.9. The van der Waals surface area contributed by atoms with Crippen molar-refractivity contribution in [3.8, 4) is 0 Å². The second-order valence-corrected chi connectivity index (χ2v) is 5.82. The van der Waals surface area contributed by atoms with Gasteiger partial charge in [-0.1, -0.05) is 0 Å². The number of aromatic nitrogens is 5. The molecular formula is C13H18N8O. The van der Waals surface area contributed by atoms with Gasteiger partial charge in [-0.25, -0.2) is 0 Å². The van der Waals surface area contributed by atoms with Crippen LogP contribution in [-0.4, -0.2) is 74.8 Å². The standard InChI is InChI=1S/C13H18N8O/c22-13(14-10-1-2-10)9-19-5-7-20(8-6-19)12-4-3-11-15-17-18-21(11)16-12/h3-4,10H,1-2,5-9H2,(H,14,22). The molecule has 0 aromatic carbocycles. The minimum Gasteiger partial charge on any atom is -0.353 e. The molecule has 116 valence electrons. The number of amides is 1. The second-order valence-electron chi connectivity index (χ2n) is 5.82. The van der Waals surface area contributed by atoms with E-state index in [0.29, 0.717) is 18.2 Å². The molecule has 1 saturated heterocycles. The van der Waals surface area contributed by atoms with Crippen molar-refractivity contribution in [3.63, 3.8) is 0 Å². The van der Waals surface area contributed by atoms with E-state index in [1.807, 2.05) is 12.1 Å². The van der Waals surface area contributed by atoms with Crippen LogP contribution in [0.5, 0.6) is 0 Å². The van der Waals surface area contributed by atoms with E-state index >= 15 is 0 Å². The molecule has 0 spiro atoms. The fourth-order valence-corrected chi connectivity index (χ4v) is 2.65. The normalized spacial score (nSPS) is 19.5. The summed E-state index contributed by atoms with van der Waals surface area (Å²) in [7, 11) is 0. The summed E-state index contributed by atoms with van der Waals surface area (Å²) in [6.45, 7) is 3.89. The molecule has 9 nitrogen and oxygen atoms in total. The smallest absolute Gasteiger partial charge is 0.234 e. The molecule has 2 aliphatic rings. The number of hydrogen-bond acceptors (Lipinski definition) is 7. The predicted octanol–water partition coefficient (Wildman–Crippen LogP) is -1.08. The summed E-state index contributed by atoms with van der Waals surface area (Å²) in [5.74, 6) is 1.01. The van der Waals surface area contributed by atoms with Gasteiger partial charge >= 0.3 is 0 Å². The number of anilines is 1. The highest BCUT2D eigenvalue weighted by Crippen LogP contribution is 2.18. The fourth-order valence-electron chi connectivity index (χ4n) is 2.65. The van der Waals surface area contributed by atoms with Crippen molar-refractivity contribution in [1.82, 2.24) is 35.5 Å². The topological polar surface area (TPSA) is 91.6 Å². The highest BCUT2D eigenvalue weighted by molar-refractivity contribution is 5.78. The van der Waals surface area contributed by atoms with Crippen LogP contribution in [-0.2, 0) is 4.79 Å². The van der Waals surface area contributed by atoms with E-state index < -0.39 is 0 Å². The summed E-state index contributed by atoms with van der Waals surface area (Å²) < 4.78 is 1.44. The molecule has 1 aliphatic carbocycles. The van der Waals surface area contributed by atoms with Crippen LogP contribution < -0.4 is 10.2 Å². The van der Waals surface area contributed by atoms with Crippen molar-refractivity contribution in [2.45, 2.75) is 18.9 Å². The van der Waals surface area contributed by atoms with E-state index in [0.717, 1.165) is 44.8 Å².